The van der Waals surface area contributed by atoms with Gasteiger partial charge in [-0.25, -0.2) is 0 Å². The minimum atomic E-state index is -0.784. The van der Waals surface area contributed by atoms with Gasteiger partial charge in [0, 0.05) is 23.5 Å². The fraction of sp³-hybridized carbons (Fsp3) is 0.421. The van der Waals surface area contributed by atoms with E-state index in [1.165, 1.54) is 4.88 Å². The third-order valence-corrected chi connectivity index (χ3v) is 4.74. The largest absolute Gasteiger partial charge is 0.497 e. The standard InChI is InChI=1S/C19H27N3O3S.HI/c1-4-20-19(21-10-9-15-6-5-11-26-15)22-13-17(23)16-12-14(24-2)7-8-18(16)25-3;/h5-8,11-12,17,23H,4,9-10,13H2,1-3H3,(H2,20,21,22);1H. The van der Waals surface area contributed by atoms with Gasteiger partial charge in [0.25, 0.3) is 0 Å². The molecule has 0 saturated carbocycles. The topological polar surface area (TPSA) is 75.1 Å². The molecule has 0 aliphatic rings. The van der Waals surface area contributed by atoms with Gasteiger partial charge in [-0.1, -0.05) is 6.07 Å². The highest BCUT2D eigenvalue weighted by atomic mass is 127. The monoisotopic (exact) mass is 505 g/mol. The maximum Gasteiger partial charge on any atom is 0.191 e. The molecule has 0 fully saturated rings. The molecule has 0 spiro atoms. The molecule has 8 heteroatoms. The van der Waals surface area contributed by atoms with Crippen LogP contribution < -0.4 is 20.1 Å². The second-order valence-electron chi connectivity index (χ2n) is 5.60. The summed E-state index contributed by atoms with van der Waals surface area (Å²) in [6.07, 6.45) is 0.154. The quantitative estimate of drug-likeness (QED) is 0.277. The summed E-state index contributed by atoms with van der Waals surface area (Å²) in [6.45, 7) is 3.77. The Labute approximate surface area is 182 Å². The molecule has 0 bridgehead atoms. The van der Waals surface area contributed by atoms with Gasteiger partial charge in [-0.05, 0) is 43.0 Å². The van der Waals surface area contributed by atoms with E-state index in [0.717, 1.165) is 19.5 Å². The van der Waals surface area contributed by atoms with E-state index in [4.69, 9.17) is 9.47 Å². The number of aliphatic hydroxyl groups excluding tert-OH is 1. The van der Waals surface area contributed by atoms with Crippen LogP contribution in [0, 0.1) is 0 Å². The summed E-state index contributed by atoms with van der Waals surface area (Å²) in [5.41, 5.74) is 0.657. The molecule has 0 aliphatic carbocycles. The highest BCUT2D eigenvalue weighted by Crippen LogP contribution is 2.29. The van der Waals surface area contributed by atoms with E-state index in [1.54, 1.807) is 43.8 Å². The Bertz CT molecular complexity index is 696. The van der Waals surface area contributed by atoms with Gasteiger partial charge in [0.1, 0.15) is 17.6 Å². The number of aliphatic hydroxyl groups is 1. The van der Waals surface area contributed by atoms with Crippen LogP contribution in [0.2, 0.25) is 0 Å². The number of ether oxygens (including phenoxy) is 2. The minimum Gasteiger partial charge on any atom is -0.497 e. The van der Waals surface area contributed by atoms with Gasteiger partial charge in [0.15, 0.2) is 5.96 Å². The number of hydrogen-bond donors (Lipinski definition) is 3. The Morgan fingerprint density at radius 1 is 1.22 bits per heavy atom. The molecule has 1 unspecified atom stereocenters. The van der Waals surface area contributed by atoms with Gasteiger partial charge in [-0.2, -0.15) is 0 Å². The number of guanidine groups is 1. The first-order valence-electron chi connectivity index (χ1n) is 8.62. The molecule has 1 heterocycles. The molecule has 3 N–H and O–H groups in total. The molecule has 0 amide bonds. The molecule has 2 aromatic rings. The van der Waals surface area contributed by atoms with Crippen LogP contribution in [-0.4, -0.2) is 44.9 Å². The summed E-state index contributed by atoms with van der Waals surface area (Å²) in [6, 6.07) is 9.53. The molecule has 2 rings (SSSR count). The molecule has 0 radical (unpaired) electrons. The maximum absolute atomic E-state index is 10.5. The molecule has 1 aromatic heterocycles. The van der Waals surface area contributed by atoms with Gasteiger partial charge < -0.3 is 25.2 Å². The third-order valence-electron chi connectivity index (χ3n) is 3.81. The Hall–Kier alpha value is -1.52. The maximum atomic E-state index is 10.5. The van der Waals surface area contributed by atoms with Crippen molar-refractivity contribution < 1.29 is 14.6 Å². The number of methoxy groups -OCH3 is 2. The fourth-order valence-corrected chi connectivity index (χ4v) is 3.19. The van der Waals surface area contributed by atoms with E-state index in [-0.39, 0.29) is 30.5 Å². The molecule has 150 valence electrons. The number of halogens is 1. The second-order valence-corrected chi connectivity index (χ2v) is 6.63. The van der Waals surface area contributed by atoms with Crippen molar-refractivity contribution in [3.8, 4) is 11.5 Å². The average Bonchev–Trinajstić information content (AvgIpc) is 3.18. The lowest BCUT2D eigenvalue weighted by Crippen LogP contribution is -2.38. The first kappa shape index (κ1) is 23.5. The van der Waals surface area contributed by atoms with E-state index in [9.17, 15) is 5.11 Å². The van der Waals surface area contributed by atoms with Crippen molar-refractivity contribution in [3.05, 3.63) is 46.2 Å². The number of nitrogens with zero attached hydrogens (tertiary/aromatic N) is 1. The summed E-state index contributed by atoms with van der Waals surface area (Å²) >= 11 is 1.74. The summed E-state index contributed by atoms with van der Waals surface area (Å²) < 4.78 is 10.6. The Morgan fingerprint density at radius 3 is 2.67 bits per heavy atom. The van der Waals surface area contributed by atoms with Gasteiger partial charge >= 0.3 is 0 Å². The lowest BCUT2D eigenvalue weighted by atomic mass is 10.1. The molecule has 0 saturated heterocycles. The van der Waals surface area contributed by atoms with Crippen LogP contribution in [0.25, 0.3) is 0 Å². The van der Waals surface area contributed by atoms with Crippen LogP contribution in [0.15, 0.2) is 40.7 Å². The Kier molecular flexibility index (Phi) is 11.1. The van der Waals surface area contributed by atoms with Crippen LogP contribution in [0.4, 0.5) is 0 Å². The van der Waals surface area contributed by atoms with E-state index in [0.29, 0.717) is 23.0 Å². The number of hydrogen-bond acceptors (Lipinski definition) is 5. The number of nitrogens with one attached hydrogen (secondary N) is 2. The van der Waals surface area contributed by atoms with Crippen LogP contribution in [0.3, 0.4) is 0 Å². The molecular weight excluding hydrogens is 477 g/mol. The van der Waals surface area contributed by atoms with Gasteiger partial charge in [-0.15, -0.1) is 35.3 Å². The van der Waals surface area contributed by atoms with E-state index < -0.39 is 6.10 Å². The predicted molar refractivity (Wildman–Crippen MR) is 122 cm³/mol. The molecular formula is C19H28IN3O3S. The lowest BCUT2D eigenvalue weighted by Gasteiger charge is -2.16. The Morgan fingerprint density at radius 2 is 2.04 bits per heavy atom. The van der Waals surface area contributed by atoms with Gasteiger partial charge in [0.2, 0.25) is 0 Å². The zero-order valence-electron chi connectivity index (χ0n) is 15.9. The SMILES string of the molecule is CCNC(=NCC(O)c1cc(OC)ccc1OC)NCCc1cccs1.I. The first-order chi connectivity index (χ1) is 12.7. The normalized spacial score (nSPS) is 12.1. The van der Waals surface area contributed by atoms with Gasteiger partial charge in [0.05, 0.1) is 20.8 Å². The van der Waals surface area contributed by atoms with Crippen molar-refractivity contribution in [2.75, 3.05) is 33.9 Å². The van der Waals surface area contributed by atoms with Crippen LogP contribution in [0.1, 0.15) is 23.5 Å². The third kappa shape index (κ3) is 7.55. The lowest BCUT2D eigenvalue weighted by molar-refractivity contribution is 0.182. The zero-order valence-corrected chi connectivity index (χ0v) is 19.0. The first-order valence-corrected chi connectivity index (χ1v) is 9.50. The fourth-order valence-electron chi connectivity index (χ4n) is 2.48. The number of aliphatic imine (C=N–C) groups is 1. The highest BCUT2D eigenvalue weighted by Gasteiger charge is 2.14. The number of rotatable bonds is 9. The van der Waals surface area contributed by atoms with Crippen LogP contribution in [-0.2, 0) is 6.42 Å². The van der Waals surface area contributed by atoms with Crippen molar-refractivity contribution in [1.82, 2.24) is 10.6 Å². The van der Waals surface area contributed by atoms with Crippen molar-refractivity contribution >= 4 is 41.3 Å². The van der Waals surface area contributed by atoms with Crippen LogP contribution in [0.5, 0.6) is 11.5 Å². The van der Waals surface area contributed by atoms with E-state index in [2.05, 4.69) is 33.1 Å². The highest BCUT2D eigenvalue weighted by molar-refractivity contribution is 14.0. The summed E-state index contributed by atoms with van der Waals surface area (Å²) in [5, 5.41) is 19.1. The van der Waals surface area contributed by atoms with Crippen molar-refractivity contribution in [2.45, 2.75) is 19.4 Å². The van der Waals surface area contributed by atoms with E-state index in [1.807, 2.05) is 6.92 Å². The van der Waals surface area contributed by atoms with Crippen molar-refractivity contribution in [3.63, 3.8) is 0 Å². The average molecular weight is 505 g/mol. The number of thiophene rings is 1. The molecule has 6 nitrogen and oxygen atoms in total. The Balaban J connectivity index is 0.00000364. The summed E-state index contributed by atoms with van der Waals surface area (Å²) in [4.78, 5) is 5.82. The zero-order chi connectivity index (χ0) is 18.8. The molecule has 1 aromatic carbocycles. The van der Waals surface area contributed by atoms with E-state index >= 15 is 0 Å². The molecule has 1 atom stereocenters. The molecule has 0 aliphatic heterocycles. The van der Waals surface area contributed by atoms with Crippen LogP contribution >= 0.6 is 35.3 Å². The summed E-state index contributed by atoms with van der Waals surface area (Å²) in [5.74, 6) is 1.97. The van der Waals surface area contributed by atoms with Gasteiger partial charge in [-0.3, -0.25) is 4.99 Å². The van der Waals surface area contributed by atoms with Crippen molar-refractivity contribution in [2.24, 2.45) is 4.99 Å². The molecule has 27 heavy (non-hydrogen) atoms. The minimum absolute atomic E-state index is 0. The summed E-state index contributed by atoms with van der Waals surface area (Å²) in [7, 11) is 3.18. The second kappa shape index (κ2) is 12.8. The smallest absolute Gasteiger partial charge is 0.191 e. The van der Waals surface area contributed by atoms with Crippen molar-refractivity contribution in [1.29, 1.82) is 0 Å². The number of benzene rings is 1. The predicted octanol–water partition coefficient (Wildman–Crippen LogP) is 3.21.